The van der Waals surface area contributed by atoms with Gasteiger partial charge in [0.05, 0.1) is 26.2 Å². The van der Waals surface area contributed by atoms with Gasteiger partial charge in [0.2, 0.25) is 0 Å². The van der Waals surface area contributed by atoms with Gasteiger partial charge in [-0.25, -0.2) is 0 Å². The van der Waals surface area contributed by atoms with Gasteiger partial charge in [-0.1, -0.05) is 94.9 Å². The molecule has 0 aliphatic carbocycles. The zero-order valence-corrected chi connectivity index (χ0v) is 47.5. The van der Waals surface area contributed by atoms with Crippen molar-refractivity contribution in [1.82, 2.24) is 19.6 Å². The third kappa shape index (κ3) is 19.0. The summed E-state index contributed by atoms with van der Waals surface area (Å²) < 4.78 is 11.5. The van der Waals surface area contributed by atoms with Crippen molar-refractivity contribution in [3.63, 3.8) is 0 Å². The van der Waals surface area contributed by atoms with Crippen molar-refractivity contribution in [2.24, 2.45) is 0 Å². The van der Waals surface area contributed by atoms with Crippen LogP contribution >= 0.6 is 71.2 Å². The van der Waals surface area contributed by atoms with Gasteiger partial charge >= 0.3 is 0 Å². The lowest BCUT2D eigenvalue weighted by molar-refractivity contribution is -0.114. The van der Waals surface area contributed by atoms with Crippen LogP contribution in [-0.2, 0) is 9.59 Å². The van der Waals surface area contributed by atoms with Gasteiger partial charge in [-0.3, -0.25) is 19.2 Å². The summed E-state index contributed by atoms with van der Waals surface area (Å²) in [5.74, 6) is 0.933. The molecule has 0 aromatic heterocycles. The van der Waals surface area contributed by atoms with Gasteiger partial charge in [0.25, 0.3) is 11.8 Å². The van der Waals surface area contributed by atoms with Gasteiger partial charge in [0.15, 0.2) is 11.6 Å². The molecule has 404 valence electrons. The predicted octanol–water partition coefficient (Wildman–Crippen LogP) is 12.3. The number of ether oxygens (including phenoxy) is 2. The van der Waals surface area contributed by atoms with E-state index in [2.05, 4.69) is 0 Å². The summed E-state index contributed by atoms with van der Waals surface area (Å²) in [7, 11) is 7.94. The second-order valence-electron chi connectivity index (χ2n) is 18.2. The van der Waals surface area contributed by atoms with Crippen LogP contribution in [0.3, 0.4) is 0 Å². The first-order valence-electron chi connectivity index (χ1n) is 23.8. The molecule has 6 aromatic rings. The van der Waals surface area contributed by atoms with Crippen LogP contribution in [0.1, 0.15) is 43.0 Å². The zero-order valence-electron chi connectivity index (χ0n) is 42.9. The first-order chi connectivity index (χ1) is 35.6. The van der Waals surface area contributed by atoms with Gasteiger partial charge < -0.3 is 34.5 Å². The summed E-state index contributed by atoms with van der Waals surface area (Å²) in [6.07, 6.45) is 7.26. The van der Waals surface area contributed by atoms with E-state index in [0.717, 1.165) is 35.3 Å². The molecule has 2 aliphatic rings. The monoisotopic (exact) mass is 1160 g/mol. The summed E-state index contributed by atoms with van der Waals surface area (Å²) >= 11 is 24.1. The molecular weight excluding hydrogens is 1100 g/mol. The third-order valence-electron chi connectivity index (χ3n) is 11.8. The van der Waals surface area contributed by atoms with E-state index in [1.165, 1.54) is 0 Å². The SMILES string of the molecule is CN(C)CCOc1ccc(C(=O)N2CC(=Cc3ccc(Cl)cc3)C(=O)C(=Cc3ccc(Cl)cc3)C2)cc1.CN(C)CCOc1ccc(C(=O)N2CC(=Cc3ccc(Cl)cc3)C(=O)C(=Cc3ccc(Cl)cc3)C2)cc1.Cl.Cl.O. The van der Waals surface area contributed by atoms with Crippen molar-refractivity contribution in [3.8, 4) is 11.5 Å². The number of rotatable bonds is 14. The predicted molar refractivity (Wildman–Crippen MR) is 319 cm³/mol. The highest BCUT2D eigenvalue weighted by Gasteiger charge is 2.31. The molecule has 2 fully saturated rings. The van der Waals surface area contributed by atoms with Gasteiger partial charge in [0, 0.05) is 66.6 Å². The number of piperidine rings is 2. The molecule has 2 aliphatic heterocycles. The number of hydrogen-bond acceptors (Lipinski definition) is 8. The molecule has 0 spiro atoms. The van der Waals surface area contributed by atoms with Crippen LogP contribution in [0.4, 0.5) is 0 Å². The van der Waals surface area contributed by atoms with E-state index in [4.69, 9.17) is 55.9 Å². The number of benzene rings is 6. The Balaban J connectivity index is 0.000000320. The average Bonchev–Trinajstić information content (AvgIpc) is 3.39. The molecule has 2 amide bonds. The number of hydrogen-bond donors (Lipinski definition) is 0. The Bertz CT molecular complexity index is 2710. The number of Topliss-reactive ketones (excluding diaryl/α,β-unsaturated/α-hetero) is 2. The van der Waals surface area contributed by atoms with Crippen LogP contribution < -0.4 is 9.47 Å². The molecular formula is C60H60Cl6N4O7. The maximum absolute atomic E-state index is 13.5. The fraction of sp³-hybridized carbons (Fsp3) is 0.200. The van der Waals surface area contributed by atoms with Gasteiger partial charge in [-0.05, 0) is 172 Å². The van der Waals surface area contributed by atoms with Gasteiger partial charge in [-0.2, -0.15) is 0 Å². The minimum absolute atomic E-state index is 0. The molecule has 0 bridgehead atoms. The molecule has 6 aromatic carbocycles. The maximum atomic E-state index is 13.5. The average molecular weight is 1160 g/mol. The Morgan fingerprint density at radius 1 is 0.429 bits per heavy atom. The first kappa shape index (κ1) is 63.3. The lowest BCUT2D eigenvalue weighted by atomic mass is 9.93. The van der Waals surface area contributed by atoms with Crippen molar-refractivity contribution in [2.45, 2.75) is 0 Å². The molecule has 17 heteroatoms. The summed E-state index contributed by atoms with van der Waals surface area (Å²) in [6, 6.07) is 43.2. The number of likely N-dealkylation sites (N-methyl/N-ethyl adjacent to an activating group) is 2. The third-order valence-corrected chi connectivity index (χ3v) is 12.9. The van der Waals surface area contributed by atoms with Crippen LogP contribution in [-0.4, -0.2) is 129 Å². The largest absolute Gasteiger partial charge is 0.492 e. The van der Waals surface area contributed by atoms with E-state index in [1.54, 1.807) is 107 Å². The number of halogens is 6. The summed E-state index contributed by atoms with van der Waals surface area (Å²) in [5.41, 5.74) is 6.56. The van der Waals surface area contributed by atoms with Crippen molar-refractivity contribution >= 4 is 119 Å². The Kier molecular flexibility index (Phi) is 25.2. The minimum Gasteiger partial charge on any atom is -0.492 e. The molecule has 0 unspecified atom stereocenters. The van der Waals surface area contributed by atoms with Crippen LogP contribution in [0, 0.1) is 0 Å². The summed E-state index contributed by atoms with van der Waals surface area (Å²) in [6.45, 7) is 3.55. The van der Waals surface area contributed by atoms with E-state index in [-0.39, 0.29) is 79.9 Å². The molecule has 11 nitrogen and oxygen atoms in total. The molecule has 2 heterocycles. The number of amides is 2. The topological polar surface area (TPSA) is 131 Å². The van der Waals surface area contributed by atoms with E-state index in [1.807, 2.05) is 111 Å². The van der Waals surface area contributed by atoms with Crippen molar-refractivity contribution in [3.05, 3.63) is 221 Å². The molecule has 8 rings (SSSR count). The smallest absolute Gasteiger partial charge is 0.254 e. The lowest BCUT2D eigenvalue weighted by Gasteiger charge is -2.30. The van der Waals surface area contributed by atoms with Gasteiger partial charge in [-0.15, -0.1) is 24.8 Å². The zero-order chi connectivity index (χ0) is 52.7. The van der Waals surface area contributed by atoms with Crippen molar-refractivity contribution in [1.29, 1.82) is 0 Å². The lowest BCUT2D eigenvalue weighted by Crippen LogP contribution is -2.41. The molecule has 0 radical (unpaired) electrons. The number of ketones is 2. The quantitative estimate of drug-likeness (QED) is 0.0986. The van der Waals surface area contributed by atoms with E-state index >= 15 is 0 Å². The standard InChI is InChI=1S/2C30H28Cl2N2O3.2ClH.H2O/c2*1-33(2)15-16-37-28-13-7-23(8-14-28)30(36)34-19-24(17-21-3-9-26(31)10-4-21)29(35)25(20-34)18-22-5-11-27(32)12-6-22;;;/h2*3-14,17-18H,15-16,19-20H2,1-2H3;2*1H;1H2. The summed E-state index contributed by atoms with van der Waals surface area (Å²) in [5, 5.41) is 2.47. The molecule has 77 heavy (non-hydrogen) atoms. The van der Waals surface area contributed by atoms with Crippen LogP contribution in [0.15, 0.2) is 168 Å². The summed E-state index contributed by atoms with van der Waals surface area (Å²) in [4.78, 5) is 61.3. The highest BCUT2D eigenvalue weighted by Crippen LogP contribution is 2.28. The van der Waals surface area contributed by atoms with Crippen molar-refractivity contribution < 1.29 is 34.1 Å². The van der Waals surface area contributed by atoms with E-state index in [9.17, 15) is 19.2 Å². The molecule has 2 N–H and O–H groups in total. The molecule has 2 saturated heterocycles. The minimum atomic E-state index is -0.156. The van der Waals surface area contributed by atoms with E-state index < -0.39 is 0 Å². The number of likely N-dealkylation sites (tertiary alicyclic amines) is 2. The second-order valence-corrected chi connectivity index (χ2v) is 20.0. The fourth-order valence-corrected chi connectivity index (χ4v) is 8.36. The normalized spacial score (nSPS) is 15.4. The fourth-order valence-electron chi connectivity index (χ4n) is 7.85. The Hall–Kier alpha value is -6.22. The number of carbonyl (C=O) groups is 4. The highest BCUT2D eigenvalue weighted by atomic mass is 35.5. The Morgan fingerprint density at radius 2 is 0.662 bits per heavy atom. The highest BCUT2D eigenvalue weighted by molar-refractivity contribution is 6.31. The Morgan fingerprint density at radius 3 is 0.883 bits per heavy atom. The molecule has 0 atom stereocenters. The van der Waals surface area contributed by atoms with Crippen LogP contribution in [0.25, 0.3) is 24.3 Å². The second kappa shape index (κ2) is 30.6. The van der Waals surface area contributed by atoms with Crippen LogP contribution in [0.5, 0.6) is 11.5 Å². The maximum Gasteiger partial charge on any atom is 0.254 e. The molecule has 0 saturated carbocycles. The Labute approximate surface area is 483 Å². The van der Waals surface area contributed by atoms with Gasteiger partial charge in [0.1, 0.15) is 24.7 Å². The first-order valence-corrected chi connectivity index (χ1v) is 25.4. The van der Waals surface area contributed by atoms with E-state index in [0.29, 0.717) is 78.2 Å². The number of carbonyl (C=O) groups excluding carboxylic acids is 4. The van der Waals surface area contributed by atoms with Crippen molar-refractivity contribution in [2.75, 3.05) is 80.7 Å². The van der Waals surface area contributed by atoms with Crippen LogP contribution in [0.2, 0.25) is 20.1 Å². The number of nitrogens with zero attached hydrogens (tertiary/aromatic N) is 4.